The van der Waals surface area contributed by atoms with E-state index in [1.807, 2.05) is 41.8 Å². The molecule has 5 rings (SSSR count). The number of aromatic nitrogens is 1. The Kier molecular flexibility index (Phi) is 8.42. The fraction of sp³-hybridized carbons (Fsp3) is 0.200. The maximum Gasteiger partial charge on any atom is 0.269 e. The summed E-state index contributed by atoms with van der Waals surface area (Å²) in [6.45, 7) is 2.17. The predicted molar refractivity (Wildman–Crippen MR) is 160 cm³/mol. The van der Waals surface area contributed by atoms with Crippen molar-refractivity contribution in [2.24, 2.45) is 5.10 Å². The van der Waals surface area contributed by atoms with Crippen LogP contribution in [0, 0.1) is 10.1 Å². The average Bonchev–Trinajstić information content (AvgIpc) is 3.45. The Balaban J connectivity index is 1.56. The van der Waals surface area contributed by atoms with E-state index in [4.69, 9.17) is 21.0 Å². The summed E-state index contributed by atoms with van der Waals surface area (Å²) in [7, 11) is 0. The molecular formula is C30H27ClN4O4S. The minimum absolute atomic E-state index is 0.0138. The molecule has 0 bridgehead atoms. The summed E-state index contributed by atoms with van der Waals surface area (Å²) in [5, 5.41) is 30.3. The number of benzene rings is 3. The van der Waals surface area contributed by atoms with Crippen LogP contribution in [0.1, 0.15) is 38.2 Å². The highest BCUT2D eigenvalue weighted by atomic mass is 35.5. The lowest BCUT2D eigenvalue weighted by atomic mass is 10.0. The number of aryl methyl sites for hydroxylation is 1. The Labute approximate surface area is 239 Å². The molecule has 0 fully saturated rings. The number of halogens is 1. The highest BCUT2D eigenvalue weighted by Gasteiger charge is 2.14. The molecule has 2 aromatic heterocycles. The number of phenolic OH excluding ortho intramolecular Hbond substituents is 1. The number of nitro benzene ring substituents is 1. The molecular weight excluding hydrogens is 548 g/mol. The molecule has 0 unspecified atom stereocenters. The molecule has 10 heteroatoms. The Morgan fingerprint density at radius 1 is 1.07 bits per heavy atom. The van der Waals surface area contributed by atoms with Crippen molar-refractivity contribution in [2.45, 2.75) is 39.0 Å². The van der Waals surface area contributed by atoms with Gasteiger partial charge < -0.3 is 9.52 Å². The average molecular weight is 575 g/mol. The number of hydrogen-bond acceptors (Lipinski definition) is 8. The number of nitrogens with one attached hydrogen (secondary N) is 1. The molecule has 8 nitrogen and oxygen atoms in total. The topological polar surface area (TPSA) is 114 Å². The number of fused-ring (bicyclic) bond motifs is 1. The van der Waals surface area contributed by atoms with Crippen LogP contribution in [-0.4, -0.2) is 15.0 Å². The van der Waals surface area contributed by atoms with Crippen molar-refractivity contribution in [2.75, 3.05) is 5.43 Å². The lowest BCUT2D eigenvalue weighted by Gasteiger charge is -2.08. The number of thiazole rings is 1. The molecule has 2 N–H and O–H groups in total. The highest BCUT2D eigenvalue weighted by Crippen LogP contribution is 2.32. The zero-order valence-corrected chi connectivity index (χ0v) is 23.3. The Bertz CT molecular complexity index is 1710. The van der Waals surface area contributed by atoms with Crippen LogP contribution in [-0.2, 0) is 6.42 Å². The summed E-state index contributed by atoms with van der Waals surface area (Å²) in [5.74, 6) is 0.189. The minimum atomic E-state index is -0.455. The highest BCUT2D eigenvalue weighted by molar-refractivity contribution is 7.13. The summed E-state index contributed by atoms with van der Waals surface area (Å²) >= 11 is 7.52. The number of nitro groups is 1. The fourth-order valence-corrected chi connectivity index (χ4v) is 5.28. The standard InChI is InChI=1S/C30H27ClN4O4S/c1-2-3-4-5-6-20-15-21-16-25(30-32-26(18-40-30)19-7-9-22(31)10-8-19)29(39-28(21)17-27(20)36)34-33-23-11-13-24(14-12-23)35(37)38/h7-18,33,36H,2-6H2,1H3. The molecule has 0 saturated heterocycles. The van der Waals surface area contributed by atoms with Crippen molar-refractivity contribution in [1.29, 1.82) is 0 Å². The van der Waals surface area contributed by atoms with Gasteiger partial charge >= 0.3 is 0 Å². The van der Waals surface area contributed by atoms with Gasteiger partial charge in [0.2, 0.25) is 5.55 Å². The second kappa shape index (κ2) is 12.3. The van der Waals surface area contributed by atoms with E-state index in [0.29, 0.717) is 26.9 Å². The zero-order chi connectivity index (χ0) is 28.1. The van der Waals surface area contributed by atoms with E-state index in [2.05, 4.69) is 17.5 Å². The molecule has 0 aliphatic heterocycles. The van der Waals surface area contributed by atoms with Gasteiger partial charge in [-0.15, -0.1) is 16.4 Å². The summed E-state index contributed by atoms with van der Waals surface area (Å²) in [5.41, 5.74) is 7.49. The van der Waals surface area contributed by atoms with Crippen molar-refractivity contribution in [3.8, 4) is 27.6 Å². The van der Waals surface area contributed by atoms with Gasteiger partial charge in [-0.05, 0) is 54.8 Å². The molecule has 0 spiro atoms. The van der Waals surface area contributed by atoms with Crippen LogP contribution in [0.3, 0.4) is 0 Å². The second-order valence-electron chi connectivity index (χ2n) is 9.37. The third kappa shape index (κ3) is 6.32. The van der Waals surface area contributed by atoms with Crippen LogP contribution in [0.2, 0.25) is 5.02 Å². The Morgan fingerprint density at radius 2 is 1.85 bits per heavy atom. The molecule has 0 aliphatic carbocycles. The van der Waals surface area contributed by atoms with E-state index in [1.54, 1.807) is 18.2 Å². The van der Waals surface area contributed by atoms with Crippen molar-refractivity contribution in [3.63, 3.8) is 0 Å². The van der Waals surface area contributed by atoms with E-state index in [-0.39, 0.29) is 17.0 Å². The third-order valence-electron chi connectivity index (χ3n) is 6.49. The second-order valence-corrected chi connectivity index (χ2v) is 10.7. The first-order valence-corrected chi connectivity index (χ1v) is 14.2. The van der Waals surface area contributed by atoms with Gasteiger partial charge in [0.05, 0.1) is 21.9 Å². The smallest absolute Gasteiger partial charge is 0.269 e. The van der Waals surface area contributed by atoms with E-state index in [1.165, 1.54) is 29.9 Å². The van der Waals surface area contributed by atoms with E-state index >= 15 is 0 Å². The van der Waals surface area contributed by atoms with Gasteiger partial charge in [0.15, 0.2) is 0 Å². The van der Waals surface area contributed by atoms with E-state index < -0.39 is 4.92 Å². The number of hydrogen-bond donors (Lipinski definition) is 2. The first-order chi connectivity index (χ1) is 19.4. The SMILES string of the molecule is CCCCCCc1cc2cc(-c3nc(-c4ccc(Cl)cc4)cs3)c(=NNc3ccc([N+](=O)[O-])cc3)oc2cc1O. The van der Waals surface area contributed by atoms with Gasteiger partial charge in [0, 0.05) is 39.6 Å². The van der Waals surface area contributed by atoms with Gasteiger partial charge in [-0.3, -0.25) is 15.5 Å². The molecule has 0 atom stereocenters. The zero-order valence-electron chi connectivity index (χ0n) is 21.8. The molecule has 0 saturated carbocycles. The molecule has 0 aliphatic rings. The molecule has 0 radical (unpaired) electrons. The summed E-state index contributed by atoms with van der Waals surface area (Å²) in [6.07, 6.45) is 5.21. The van der Waals surface area contributed by atoms with E-state index in [0.717, 1.165) is 47.9 Å². The Morgan fingerprint density at radius 3 is 2.58 bits per heavy atom. The third-order valence-corrected chi connectivity index (χ3v) is 7.61. The van der Waals surface area contributed by atoms with Crippen molar-refractivity contribution < 1.29 is 14.4 Å². The predicted octanol–water partition coefficient (Wildman–Crippen LogP) is 8.54. The number of phenols is 1. The van der Waals surface area contributed by atoms with Gasteiger partial charge in [-0.25, -0.2) is 4.98 Å². The minimum Gasteiger partial charge on any atom is -0.508 e. The maximum atomic E-state index is 11.0. The number of nitrogens with zero attached hydrogens (tertiary/aromatic N) is 3. The fourth-order valence-electron chi connectivity index (χ4n) is 4.31. The van der Waals surface area contributed by atoms with Crippen molar-refractivity contribution in [3.05, 3.63) is 98.4 Å². The molecule has 204 valence electrons. The summed E-state index contributed by atoms with van der Waals surface area (Å²) < 4.78 is 6.19. The summed E-state index contributed by atoms with van der Waals surface area (Å²) in [6, 6.07) is 19.0. The molecule has 0 amide bonds. The molecule has 3 aromatic carbocycles. The monoisotopic (exact) mass is 574 g/mol. The normalized spacial score (nSPS) is 11.7. The largest absolute Gasteiger partial charge is 0.508 e. The number of aromatic hydroxyl groups is 1. The number of non-ortho nitro benzene ring substituents is 1. The Hall–Kier alpha value is -4.21. The van der Waals surface area contributed by atoms with E-state index in [9.17, 15) is 15.2 Å². The van der Waals surface area contributed by atoms with Crippen LogP contribution >= 0.6 is 22.9 Å². The first kappa shape index (κ1) is 27.4. The summed E-state index contributed by atoms with van der Waals surface area (Å²) in [4.78, 5) is 15.4. The quantitative estimate of drug-likeness (QED) is 0.0981. The number of rotatable bonds is 10. The van der Waals surface area contributed by atoms with Crippen LogP contribution < -0.4 is 11.0 Å². The van der Waals surface area contributed by atoms with Gasteiger partial charge in [-0.2, -0.15) is 0 Å². The van der Waals surface area contributed by atoms with Crippen molar-refractivity contribution >= 4 is 45.3 Å². The molecule has 5 aromatic rings. The molecule has 2 heterocycles. The van der Waals surface area contributed by atoms with Gasteiger partial charge in [-0.1, -0.05) is 49.9 Å². The first-order valence-electron chi connectivity index (χ1n) is 13.0. The van der Waals surface area contributed by atoms with Crippen LogP contribution in [0.4, 0.5) is 11.4 Å². The number of anilines is 1. The van der Waals surface area contributed by atoms with Crippen LogP contribution in [0.15, 0.2) is 81.6 Å². The van der Waals surface area contributed by atoms with Crippen molar-refractivity contribution in [1.82, 2.24) is 4.98 Å². The van der Waals surface area contributed by atoms with Crippen LogP contribution in [0.5, 0.6) is 5.75 Å². The van der Waals surface area contributed by atoms with Crippen LogP contribution in [0.25, 0.3) is 32.8 Å². The number of unbranched alkanes of at least 4 members (excludes halogenated alkanes) is 3. The lowest BCUT2D eigenvalue weighted by Crippen LogP contribution is -2.09. The maximum absolute atomic E-state index is 11.0. The molecule has 40 heavy (non-hydrogen) atoms. The lowest BCUT2D eigenvalue weighted by molar-refractivity contribution is -0.384. The van der Waals surface area contributed by atoms with Gasteiger partial charge in [0.1, 0.15) is 16.3 Å². The van der Waals surface area contributed by atoms with Gasteiger partial charge in [0.25, 0.3) is 5.69 Å².